The maximum Gasteiger partial charge on any atom is 0.244 e. The van der Waals surface area contributed by atoms with Crippen LogP contribution in [0, 0.1) is 20.8 Å². The smallest absolute Gasteiger partial charge is 0.244 e. The first-order valence-corrected chi connectivity index (χ1v) is 13.7. The van der Waals surface area contributed by atoms with Gasteiger partial charge in [-0.2, -0.15) is 0 Å². The highest BCUT2D eigenvalue weighted by atomic mass is 32.2. The molecule has 0 bridgehead atoms. The van der Waals surface area contributed by atoms with Crippen LogP contribution < -0.4 is 9.62 Å². The number of amides is 2. The van der Waals surface area contributed by atoms with Crippen molar-refractivity contribution in [2.45, 2.75) is 73.0 Å². The fourth-order valence-corrected chi connectivity index (χ4v) is 4.68. The van der Waals surface area contributed by atoms with Crippen LogP contribution in [-0.4, -0.2) is 49.5 Å². The van der Waals surface area contributed by atoms with Gasteiger partial charge in [-0.25, -0.2) is 8.42 Å². The van der Waals surface area contributed by atoms with Crippen LogP contribution >= 0.6 is 0 Å². The predicted octanol–water partition coefficient (Wildman–Crippen LogP) is 4.10. The van der Waals surface area contributed by atoms with Crippen LogP contribution in [-0.2, 0) is 26.2 Å². The Morgan fingerprint density at radius 2 is 1.60 bits per heavy atom. The second-order valence-electron chi connectivity index (χ2n) is 10.1. The number of carbonyl (C=O) groups is 2. The highest BCUT2D eigenvalue weighted by Gasteiger charge is 2.33. The first-order valence-electron chi connectivity index (χ1n) is 11.8. The van der Waals surface area contributed by atoms with Gasteiger partial charge < -0.3 is 10.2 Å². The Morgan fingerprint density at radius 3 is 2.11 bits per heavy atom. The fraction of sp³-hybridized carbons (Fsp3) is 0.481. The van der Waals surface area contributed by atoms with Gasteiger partial charge in [-0.05, 0) is 82.3 Å². The van der Waals surface area contributed by atoms with Crippen molar-refractivity contribution in [3.05, 3.63) is 64.7 Å². The minimum atomic E-state index is -3.75. The molecule has 0 saturated carbocycles. The van der Waals surface area contributed by atoms with Crippen molar-refractivity contribution in [1.82, 2.24) is 10.2 Å². The summed E-state index contributed by atoms with van der Waals surface area (Å²) >= 11 is 0. The second kappa shape index (κ2) is 11.2. The highest BCUT2D eigenvalue weighted by Crippen LogP contribution is 2.23. The maximum absolute atomic E-state index is 13.8. The van der Waals surface area contributed by atoms with Crippen molar-refractivity contribution in [1.29, 1.82) is 0 Å². The van der Waals surface area contributed by atoms with E-state index in [0.717, 1.165) is 32.8 Å². The van der Waals surface area contributed by atoms with Crippen molar-refractivity contribution in [2.24, 2.45) is 0 Å². The van der Waals surface area contributed by atoms with Gasteiger partial charge in [0.05, 0.1) is 11.9 Å². The summed E-state index contributed by atoms with van der Waals surface area (Å²) in [6, 6.07) is 12.2. The lowest BCUT2D eigenvalue weighted by Crippen LogP contribution is -2.55. The second-order valence-corrected chi connectivity index (χ2v) is 12.1. The van der Waals surface area contributed by atoms with E-state index in [2.05, 4.69) is 5.32 Å². The van der Waals surface area contributed by atoms with Gasteiger partial charge in [-0.15, -0.1) is 0 Å². The molecule has 0 spiro atoms. The summed E-state index contributed by atoms with van der Waals surface area (Å²) in [5.74, 6) is -0.702. The Hall–Kier alpha value is -2.87. The molecule has 0 aliphatic heterocycles. The number of nitrogens with zero attached hydrogens (tertiary/aromatic N) is 2. The van der Waals surface area contributed by atoms with Crippen LogP contribution in [0.1, 0.15) is 56.4 Å². The van der Waals surface area contributed by atoms with Gasteiger partial charge >= 0.3 is 0 Å². The molecule has 2 amide bonds. The van der Waals surface area contributed by atoms with Crippen molar-refractivity contribution in [3.8, 4) is 0 Å². The summed E-state index contributed by atoms with van der Waals surface area (Å²) in [5, 5.41) is 2.97. The van der Waals surface area contributed by atoms with E-state index in [0.29, 0.717) is 12.1 Å². The maximum atomic E-state index is 13.8. The number of benzene rings is 2. The van der Waals surface area contributed by atoms with Crippen LogP contribution in [0.15, 0.2) is 42.5 Å². The lowest BCUT2D eigenvalue weighted by molar-refractivity contribution is -0.141. The molecule has 1 N–H and O–H groups in total. The molecule has 8 heteroatoms. The molecule has 0 aromatic heterocycles. The molecule has 0 fully saturated rings. The summed E-state index contributed by atoms with van der Waals surface area (Å²) in [6.45, 7) is 13.1. The number of carbonyl (C=O) groups excluding carboxylic acids is 2. The van der Waals surface area contributed by atoms with E-state index in [1.165, 1.54) is 4.90 Å². The molecule has 0 aliphatic rings. The van der Waals surface area contributed by atoms with Gasteiger partial charge in [0.2, 0.25) is 21.8 Å². The average Bonchev–Trinajstić information content (AvgIpc) is 2.73. The van der Waals surface area contributed by atoms with Gasteiger partial charge in [0.1, 0.15) is 12.6 Å². The van der Waals surface area contributed by atoms with Gasteiger partial charge in [0, 0.05) is 12.1 Å². The summed E-state index contributed by atoms with van der Waals surface area (Å²) in [6.07, 6.45) is 1.48. The quantitative estimate of drug-likeness (QED) is 0.560. The van der Waals surface area contributed by atoms with E-state index in [-0.39, 0.29) is 12.5 Å². The Kier molecular flexibility index (Phi) is 9.11. The molecule has 0 radical (unpaired) electrons. The molecule has 192 valence electrons. The zero-order valence-corrected chi connectivity index (χ0v) is 23.0. The summed E-state index contributed by atoms with van der Waals surface area (Å²) in [5.41, 5.74) is 3.80. The zero-order valence-electron chi connectivity index (χ0n) is 22.2. The molecule has 0 saturated heterocycles. The van der Waals surface area contributed by atoms with Crippen LogP contribution in [0.3, 0.4) is 0 Å². The Bertz CT molecular complexity index is 1170. The topological polar surface area (TPSA) is 86.8 Å². The first kappa shape index (κ1) is 28.4. The number of hydrogen-bond donors (Lipinski definition) is 1. The number of anilines is 1. The van der Waals surface area contributed by atoms with Crippen LogP contribution in [0.5, 0.6) is 0 Å². The number of nitrogens with one attached hydrogen (secondary N) is 1. The lowest BCUT2D eigenvalue weighted by atomic mass is 10.0. The molecule has 0 aliphatic carbocycles. The van der Waals surface area contributed by atoms with Gasteiger partial charge in [-0.3, -0.25) is 13.9 Å². The van der Waals surface area contributed by atoms with Crippen LogP contribution in [0.4, 0.5) is 5.69 Å². The highest BCUT2D eigenvalue weighted by molar-refractivity contribution is 7.92. The van der Waals surface area contributed by atoms with Crippen molar-refractivity contribution in [2.75, 3.05) is 17.1 Å². The fourth-order valence-electron chi connectivity index (χ4n) is 3.84. The molecular weight excluding hydrogens is 462 g/mol. The van der Waals surface area contributed by atoms with E-state index in [4.69, 9.17) is 0 Å². The van der Waals surface area contributed by atoms with Crippen molar-refractivity contribution < 1.29 is 18.0 Å². The number of sulfonamides is 1. The average molecular weight is 502 g/mol. The SMILES string of the molecule is CC[C@H](C(=O)NC(C)(C)C)N(Cc1ccccc1C)C(=O)CN(c1ccc(C)c(C)c1)S(C)(=O)=O. The molecule has 0 heterocycles. The third-order valence-corrected chi connectivity index (χ3v) is 7.08. The van der Waals surface area contributed by atoms with Crippen molar-refractivity contribution >= 4 is 27.5 Å². The zero-order chi connectivity index (χ0) is 26.6. The van der Waals surface area contributed by atoms with Crippen LogP contribution in [0.2, 0.25) is 0 Å². The first-order chi connectivity index (χ1) is 16.1. The Balaban J connectivity index is 2.49. The van der Waals surface area contributed by atoms with E-state index in [9.17, 15) is 18.0 Å². The molecule has 7 nitrogen and oxygen atoms in total. The van der Waals surface area contributed by atoms with Gasteiger partial charge in [0.25, 0.3) is 0 Å². The normalized spacial score (nSPS) is 12.7. The Morgan fingerprint density at radius 1 is 0.971 bits per heavy atom. The van der Waals surface area contributed by atoms with E-state index in [1.807, 2.05) is 78.8 Å². The molecule has 35 heavy (non-hydrogen) atoms. The molecular formula is C27H39N3O4S. The van der Waals surface area contributed by atoms with Crippen molar-refractivity contribution in [3.63, 3.8) is 0 Å². The van der Waals surface area contributed by atoms with Crippen LogP contribution in [0.25, 0.3) is 0 Å². The molecule has 2 aromatic rings. The third kappa shape index (κ3) is 7.82. The van der Waals surface area contributed by atoms with E-state index in [1.54, 1.807) is 12.1 Å². The predicted molar refractivity (Wildman–Crippen MR) is 142 cm³/mol. The van der Waals surface area contributed by atoms with Gasteiger partial charge in [0.15, 0.2) is 0 Å². The largest absolute Gasteiger partial charge is 0.350 e. The summed E-state index contributed by atoms with van der Waals surface area (Å²) < 4.78 is 26.6. The monoisotopic (exact) mass is 501 g/mol. The minimum Gasteiger partial charge on any atom is -0.350 e. The van der Waals surface area contributed by atoms with E-state index >= 15 is 0 Å². The summed E-state index contributed by atoms with van der Waals surface area (Å²) in [7, 11) is -3.75. The molecule has 1 atom stereocenters. The lowest BCUT2D eigenvalue weighted by Gasteiger charge is -2.34. The summed E-state index contributed by atoms with van der Waals surface area (Å²) in [4.78, 5) is 28.5. The molecule has 0 unspecified atom stereocenters. The molecule has 2 rings (SSSR count). The number of aryl methyl sites for hydroxylation is 3. The van der Waals surface area contributed by atoms with Gasteiger partial charge in [-0.1, -0.05) is 37.3 Å². The third-order valence-electron chi connectivity index (χ3n) is 5.94. The minimum absolute atomic E-state index is 0.200. The number of hydrogen-bond acceptors (Lipinski definition) is 4. The van der Waals surface area contributed by atoms with E-state index < -0.39 is 34.1 Å². The molecule has 2 aromatic carbocycles. The Labute approximate surface area is 210 Å². The standard InChI is InChI=1S/C27H39N3O4S/c1-9-24(26(32)28-27(5,6)7)29(17-22-13-11-10-12-20(22)3)25(31)18-30(35(8,33)34)23-15-14-19(2)21(4)16-23/h10-16,24H,9,17-18H2,1-8H3,(H,28,32)/t24-/m1/s1. The number of rotatable bonds is 9.